The van der Waals surface area contributed by atoms with Crippen LogP contribution in [0.15, 0.2) is 9.52 Å². The minimum atomic E-state index is 0. The molecule has 0 bridgehead atoms. The lowest BCUT2D eigenvalue weighted by atomic mass is 10.1. The fourth-order valence-corrected chi connectivity index (χ4v) is 3.37. The molecule has 0 aliphatic carbocycles. The second-order valence-electron chi connectivity index (χ2n) is 7.49. The van der Waals surface area contributed by atoms with Crippen molar-refractivity contribution in [2.45, 2.75) is 66.0 Å². The number of likely N-dealkylation sites (tertiary alicyclic amines) is 1. The van der Waals surface area contributed by atoms with Gasteiger partial charge in [0.15, 0.2) is 5.96 Å². The van der Waals surface area contributed by atoms with Crippen LogP contribution in [-0.2, 0) is 11.2 Å². The van der Waals surface area contributed by atoms with Crippen LogP contribution < -0.4 is 10.6 Å². The zero-order chi connectivity index (χ0) is 19.6. The second kappa shape index (κ2) is 13.4. The van der Waals surface area contributed by atoms with E-state index in [9.17, 15) is 0 Å². The maximum atomic E-state index is 5.66. The molecule has 162 valence electrons. The summed E-state index contributed by atoms with van der Waals surface area (Å²) in [4.78, 5) is 7.23. The van der Waals surface area contributed by atoms with Crippen molar-refractivity contribution in [3.05, 3.63) is 17.0 Å². The van der Waals surface area contributed by atoms with Gasteiger partial charge in [0.25, 0.3) is 0 Å². The van der Waals surface area contributed by atoms with Crippen molar-refractivity contribution in [2.75, 3.05) is 39.3 Å². The smallest absolute Gasteiger partial charge is 0.191 e. The summed E-state index contributed by atoms with van der Waals surface area (Å²) in [6.07, 6.45) is 3.44. The lowest BCUT2D eigenvalue weighted by Gasteiger charge is -2.33. The highest BCUT2D eigenvalue weighted by Gasteiger charge is 2.19. The average molecular weight is 507 g/mol. The van der Waals surface area contributed by atoms with Crippen LogP contribution in [0.4, 0.5) is 0 Å². The summed E-state index contributed by atoms with van der Waals surface area (Å²) in [5.41, 5.74) is 2.14. The Morgan fingerprint density at radius 1 is 1.32 bits per heavy atom. The highest BCUT2D eigenvalue weighted by Crippen LogP contribution is 2.13. The van der Waals surface area contributed by atoms with E-state index in [-0.39, 0.29) is 24.0 Å². The van der Waals surface area contributed by atoms with Crippen molar-refractivity contribution in [2.24, 2.45) is 4.99 Å². The van der Waals surface area contributed by atoms with Crippen molar-refractivity contribution < 1.29 is 9.26 Å². The Morgan fingerprint density at radius 2 is 2.04 bits per heavy atom. The van der Waals surface area contributed by atoms with E-state index < -0.39 is 0 Å². The van der Waals surface area contributed by atoms with Crippen LogP contribution in [0.25, 0.3) is 0 Å². The molecule has 0 spiro atoms. The number of nitrogens with one attached hydrogen (secondary N) is 2. The molecule has 28 heavy (non-hydrogen) atoms. The van der Waals surface area contributed by atoms with Crippen LogP contribution in [0.1, 0.15) is 50.6 Å². The number of piperidine rings is 1. The minimum Gasteiger partial charge on any atom is -0.377 e. The first kappa shape index (κ1) is 25.2. The number of nitrogens with zero attached hydrogens (tertiary/aromatic N) is 3. The molecule has 1 fully saturated rings. The summed E-state index contributed by atoms with van der Waals surface area (Å²) in [5, 5.41) is 11.0. The Kier molecular flexibility index (Phi) is 12.0. The molecule has 7 nitrogen and oxygen atoms in total. The van der Waals surface area contributed by atoms with Gasteiger partial charge in [0.1, 0.15) is 5.76 Å². The van der Waals surface area contributed by atoms with E-state index in [1.165, 1.54) is 5.56 Å². The van der Waals surface area contributed by atoms with Gasteiger partial charge < -0.3 is 24.8 Å². The molecule has 1 aromatic rings. The molecule has 8 heteroatoms. The van der Waals surface area contributed by atoms with Crippen LogP contribution in [0.2, 0.25) is 0 Å². The van der Waals surface area contributed by atoms with Crippen molar-refractivity contribution in [3.8, 4) is 0 Å². The normalized spacial score (nSPS) is 16.3. The second-order valence-corrected chi connectivity index (χ2v) is 7.49. The van der Waals surface area contributed by atoms with E-state index in [0.717, 1.165) is 76.0 Å². The van der Waals surface area contributed by atoms with Gasteiger partial charge in [-0.25, -0.2) is 0 Å². The Labute approximate surface area is 187 Å². The monoisotopic (exact) mass is 507 g/mol. The first-order valence-corrected chi connectivity index (χ1v) is 10.3. The average Bonchev–Trinajstić information content (AvgIpc) is 2.95. The van der Waals surface area contributed by atoms with E-state index in [4.69, 9.17) is 14.3 Å². The molecule has 1 saturated heterocycles. The molecular weight excluding hydrogens is 469 g/mol. The van der Waals surface area contributed by atoms with Crippen LogP contribution in [0.5, 0.6) is 0 Å². The van der Waals surface area contributed by atoms with Crippen LogP contribution in [0.3, 0.4) is 0 Å². The number of aryl methyl sites for hydroxylation is 2. The number of guanidine groups is 1. The topological polar surface area (TPSA) is 74.9 Å². The molecule has 1 aliphatic heterocycles. The number of halogens is 1. The summed E-state index contributed by atoms with van der Waals surface area (Å²) in [6, 6.07) is 0.476. The van der Waals surface area contributed by atoms with E-state index in [0.29, 0.717) is 12.1 Å². The molecule has 2 rings (SSSR count). The summed E-state index contributed by atoms with van der Waals surface area (Å²) in [6.45, 7) is 15.9. The molecule has 0 radical (unpaired) electrons. The quantitative estimate of drug-likeness (QED) is 0.304. The van der Waals surface area contributed by atoms with Gasteiger partial charge in [-0.1, -0.05) is 5.16 Å². The third-order valence-electron chi connectivity index (χ3n) is 4.94. The van der Waals surface area contributed by atoms with Gasteiger partial charge in [-0.2, -0.15) is 0 Å². The number of aromatic nitrogens is 1. The summed E-state index contributed by atoms with van der Waals surface area (Å²) in [7, 11) is 0. The number of hydrogen-bond donors (Lipinski definition) is 2. The summed E-state index contributed by atoms with van der Waals surface area (Å²) < 4.78 is 10.9. The fraction of sp³-hybridized carbons (Fsp3) is 0.800. The largest absolute Gasteiger partial charge is 0.377 e. The van der Waals surface area contributed by atoms with Gasteiger partial charge in [0.05, 0.1) is 18.4 Å². The molecule has 1 aliphatic rings. The zero-order valence-electron chi connectivity index (χ0n) is 18.1. The standard InChI is InChI=1S/C20H37N5O2.HI/c1-6-21-20(22-10-7-19-16(4)24-27-17(19)5)23-18-8-11-25(12-9-18)13-14-26-15(2)3;/h15,18H,6-14H2,1-5H3,(H2,21,22,23);1H. The highest BCUT2D eigenvalue weighted by molar-refractivity contribution is 14.0. The van der Waals surface area contributed by atoms with Crippen LogP contribution in [0, 0.1) is 13.8 Å². The Balaban J connectivity index is 0.00000392. The number of aliphatic imine (C=N–C) groups is 1. The predicted octanol–water partition coefficient (Wildman–Crippen LogP) is 2.90. The van der Waals surface area contributed by atoms with Crippen LogP contribution in [-0.4, -0.2) is 67.5 Å². The number of rotatable bonds is 9. The van der Waals surface area contributed by atoms with Gasteiger partial charge in [-0.15, -0.1) is 24.0 Å². The zero-order valence-corrected chi connectivity index (χ0v) is 20.4. The SMILES string of the molecule is CCNC(=NCCc1c(C)noc1C)NC1CCN(CCOC(C)C)CC1.I. The summed E-state index contributed by atoms with van der Waals surface area (Å²) >= 11 is 0. The minimum absolute atomic E-state index is 0. The molecule has 2 N–H and O–H groups in total. The lowest BCUT2D eigenvalue weighted by molar-refractivity contribution is 0.0532. The van der Waals surface area contributed by atoms with Gasteiger partial charge in [-0.05, 0) is 53.9 Å². The first-order valence-electron chi connectivity index (χ1n) is 10.3. The third-order valence-corrected chi connectivity index (χ3v) is 4.94. The van der Waals surface area contributed by atoms with Crippen molar-refractivity contribution in [3.63, 3.8) is 0 Å². The number of ether oxygens (including phenoxy) is 1. The van der Waals surface area contributed by atoms with Gasteiger partial charge in [0, 0.05) is 44.3 Å². The Hall–Kier alpha value is -0.870. The fourth-order valence-electron chi connectivity index (χ4n) is 3.37. The van der Waals surface area contributed by atoms with Gasteiger partial charge in [-0.3, -0.25) is 4.99 Å². The van der Waals surface area contributed by atoms with E-state index in [1.807, 2.05) is 13.8 Å². The molecule has 0 amide bonds. The van der Waals surface area contributed by atoms with Gasteiger partial charge in [0.2, 0.25) is 0 Å². The van der Waals surface area contributed by atoms with E-state index >= 15 is 0 Å². The molecular formula is C20H38IN5O2. The molecule has 2 heterocycles. The van der Waals surface area contributed by atoms with E-state index in [2.05, 4.69) is 41.5 Å². The van der Waals surface area contributed by atoms with Crippen molar-refractivity contribution >= 4 is 29.9 Å². The Bertz CT molecular complexity index is 564. The molecule has 0 aromatic carbocycles. The number of hydrogen-bond acceptors (Lipinski definition) is 5. The van der Waals surface area contributed by atoms with Gasteiger partial charge >= 0.3 is 0 Å². The van der Waals surface area contributed by atoms with Crippen molar-refractivity contribution in [1.29, 1.82) is 0 Å². The lowest BCUT2D eigenvalue weighted by Crippen LogP contribution is -2.49. The van der Waals surface area contributed by atoms with Crippen molar-refractivity contribution in [1.82, 2.24) is 20.7 Å². The maximum absolute atomic E-state index is 5.66. The molecule has 1 aromatic heterocycles. The van der Waals surface area contributed by atoms with Crippen LogP contribution >= 0.6 is 24.0 Å². The Morgan fingerprint density at radius 3 is 2.61 bits per heavy atom. The predicted molar refractivity (Wildman–Crippen MR) is 125 cm³/mol. The summed E-state index contributed by atoms with van der Waals surface area (Å²) in [5.74, 6) is 1.81. The van der Waals surface area contributed by atoms with E-state index in [1.54, 1.807) is 0 Å². The maximum Gasteiger partial charge on any atom is 0.191 e. The highest BCUT2D eigenvalue weighted by atomic mass is 127. The first-order chi connectivity index (χ1) is 13.0. The molecule has 0 atom stereocenters. The molecule has 0 saturated carbocycles. The molecule has 0 unspecified atom stereocenters. The third kappa shape index (κ3) is 8.65.